The molecule has 8 heteroatoms. The van der Waals surface area contributed by atoms with Gasteiger partial charge in [-0.2, -0.15) is 5.10 Å². The standard InChI is InChI=1S/C20H18N6O2/c1-28-17-5-3-16(4-6-17)26-10-8-18(24-26)20(27)23-13-15-2-7-19(22-12-15)25-11-9-21-14-25/h2-12,14H,13H2,1H3,(H,23,27). The Hall–Kier alpha value is -3.94. The maximum atomic E-state index is 12.4. The van der Waals surface area contributed by atoms with Crippen molar-refractivity contribution in [2.24, 2.45) is 0 Å². The number of nitrogens with one attached hydrogen (secondary N) is 1. The lowest BCUT2D eigenvalue weighted by atomic mass is 10.2. The van der Waals surface area contributed by atoms with Crippen molar-refractivity contribution in [2.75, 3.05) is 7.11 Å². The van der Waals surface area contributed by atoms with Gasteiger partial charge >= 0.3 is 0 Å². The minimum Gasteiger partial charge on any atom is -0.497 e. The molecule has 0 aliphatic heterocycles. The highest BCUT2D eigenvalue weighted by Gasteiger charge is 2.10. The van der Waals surface area contributed by atoms with Crippen molar-refractivity contribution in [3.63, 3.8) is 0 Å². The zero-order valence-electron chi connectivity index (χ0n) is 15.2. The van der Waals surface area contributed by atoms with Crippen molar-refractivity contribution in [3.05, 3.63) is 84.8 Å². The zero-order chi connectivity index (χ0) is 19.3. The van der Waals surface area contributed by atoms with E-state index in [2.05, 4.69) is 20.4 Å². The molecule has 4 aromatic rings. The third-order valence-electron chi connectivity index (χ3n) is 4.19. The van der Waals surface area contributed by atoms with E-state index in [9.17, 15) is 4.79 Å². The molecule has 0 aliphatic rings. The molecule has 0 aliphatic carbocycles. The molecule has 3 heterocycles. The Balaban J connectivity index is 1.38. The average Bonchev–Trinajstić information content (AvgIpc) is 3.45. The SMILES string of the molecule is COc1ccc(-n2ccc(C(=O)NCc3ccc(-n4ccnc4)nc3)n2)cc1. The fraction of sp³-hybridized carbons (Fsp3) is 0.100. The van der Waals surface area contributed by atoms with E-state index >= 15 is 0 Å². The van der Waals surface area contributed by atoms with Crippen molar-refractivity contribution in [2.45, 2.75) is 6.54 Å². The molecule has 0 radical (unpaired) electrons. The van der Waals surface area contributed by atoms with E-state index in [1.807, 2.05) is 47.2 Å². The first-order valence-electron chi connectivity index (χ1n) is 8.64. The number of amides is 1. The lowest BCUT2D eigenvalue weighted by Crippen LogP contribution is -2.23. The molecule has 4 rings (SSSR count). The highest BCUT2D eigenvalue weighted by atomic mass is 16.5. The van der Waals surface area contributed by atoms with Gasteiger partial charge in [0.25, 0.3) is 5.91 Å². The van der Waals surface area contributed by atoms with Gasteiger partial charge in [-0.15, -0.1) is 0 Å². The Morgan fingerprint density at radius 2 is 1.96 bits per heavy atom. The van der Waals surface area contributed by atoms with Crippen LogP contribution < -0.4 is 10.1 Å². The third kappa shape index (κ3) is 3.75. The number of aromatic nitrogens is 5. The van der Waals surface area contributed by atoms with E-state index < -0.39 is 0 Å². The van der Waals surface area contributed by atoms with Gasteiger partial charge in [-0.05, 0) is 42.0 Å². The van der Waals surface area contributed by atoms with Gasteiger partial charge in [-0.1, -0.05) is 6.07 Å². The third-order valence-corrected chi connectivity index (χ3v) is 4.19. The number of hydrogen-bond acceptors (Lipinski definition) is 5. The predicted molar refractivity (Wildman–Crippen MR) is 103 cm³/mol. The molecule has 28 heavy (non-hydrogen) atoms. The molecule has 1 aromatic carbocycles. The highest BCUT2D eigenvalue weighted by Crippen LogP contribution is 2.14. The summed E-state index contributed by atoms with van der Waals surface area (Å²) in [6.45, 7) is 0.367. The Morgan fingerprint density at radius 3 is 2.64 bits per heavy atom. The van der Waals surface area contributed by atoms with Crippen LogP contribution in [0.15, 0.2) is 73.6 Å². The monoisotopic (exact) mass is 374 g/mol. The van der Waals surface area contributed by atoms with Crippen LogP contribution in [0.25, 0.3) is 11.5 Å². The largest absolute Gasteiger partial charge is 0.497 e. The molecule has 0 atom stereocenters. The number of pyridine rings is 1. The van der Waals surface area contributed by atoms with E-state index in [1.54, 1.807) is 42.8 Å². The van der Waals surface area contributed by atoms with Gasteiger partial charge in [0.15, 0.2) is 5.69 Å². The van der Waals surface area contributed by atoms with Crippen LogP contribution in [0.2, 0.25) is 0 Å². The number of carbonyl (C=O) groups excluding carboxylic acids is 1. The summed E-state index contributed by atoms with van der Waals surface area (Å²) in [7, 11) is 1.62. The molecule has 0 bridgehead atoms. The molecular formula is C20H18N6O2. The maximum Gasteiger partial charge on any atom is 0.272 e. The average molecular weight is 374 g/mol. The van der Waals surface area contributed by atoms with Crippen LogP contribution in [0.1, 0.15) is 16.1 Å². The zero-order valence-corrected chi connectivity index (χ0v) is 15.2. The van der Waals surface area contributed by atoms with Gasteiger partial charge in [-0.25, -0.2) is 14.6 Å². The smallest absolute Gasteiger partial charge is 0.272 e. The van der Waals surface area contributed by atoms with E-state index in [1.165, 1.54) is 0 Å². The molecule has 140 valence electrons. The van der Waals surface area contributed by atoms with Crippen LogP contribution in [0.4, 0.5) is 0 Å². The molecule has 0 saturated carbocycles. The molecule has 0 spiro atoms. The second kappa shape index (κ2) is 7.75. The summed E-state index contributed by atoms with van der Waals surface area (Å²) in [5.41, 5.74) is 2.09. The summed E-state index contributed by atoms with van der Waals surface area (Å²) in [5, 5.41) is 7.19. The number of methoxy groups -OCH3 is 1. The maximum absolute atomic E-state index is 12.4. The van der Waals surface area contributed by atoms with Gasteiger partial charge in [0.2, 0.25) is 0 Å². The Morgan fingerprint density at radius 1 is 1.11 bits per heavy atom. The quantitative estimate of drug-likeness (QED) is 0.560. The van der Waals surface area contributed by atoms with Crippen LogP contribution in [-0.4, -0.2) is 37.3 Å². The summed E-state index contributed by atoms with van der Waals surface area (Å²) in [6.07, 6.45) is 8.68. The molecule has 0 unspecified atom stereocenters. The minimum absolute atomic E-state index is 0.244. The molecule has 0 saturated heterocycles. The Labute approximate surface area is 161 Å². The first kappa shape index (κ1) is 17.5. The van der Waals surface area contributed by atoms with E-state index in [0.29, 0.717) is 12.2 Å². The second-order valence-electron chi connectivity index (χ2n) is 6.02. The van der Waals surface area contributed by atoms with E-state index in [0.717, 1.165) is 22.8 Å². The number of hydrogen-bond donors (Lipinski definition) is 1. The van der Waals surface area contributed by atoms with Gasteiger partial charge in [-0.3, -0.25) is 9.36 Å². The summed E-state index contributed by atoms with van der Waals surface area (Å²) in [6, 6.07) is 12.9. The number of imidazole rings is 1. The lowest BCUT2D eigenvalue weighted by Gasteiger charge is -2.06. The topological polar surface area (TPSA) is 86.9 Å². The molecule has 0 fully saturated rings. The molecule has 8 nitrogen and oxygen atoms in total. The fourth-order valence-corrected chi connectivity index (χ4v) is 2.67. The van der Waals surface area contributed by atoms with Crippen LogP contribution in [0, 0.1) is 0 Å². The number of ether oxygens (including phenoxy) is 1. The van der Waals surface area contributed by atoms with Crippen LogP contribution in [0.3, 0.4) is 0 Å². The van der Waals surface area contributed by atoms with Crippen LogP contribution in [-0.2, 0) is 6.54 Å². The number of benzene rings is 1. The Bertz CT molecular complexity index is 1050. The van der Waals surface area contributed by atoms with Crippen molar-refractivity contribution in [1.29, 1.82) is 0 Å². The molecular weight excluding hydrogens is 356 g/mol. The lowest BCUT2D eigenvalue weighted by molar-refractivity contribution is 0.0945. The van der Waals surface area contributed by atoms with Crippen molar-refractivity contribution >= 4 is 5.91 Å². The first-order valence-corrected chi connectivity index (χ1v) is 8.64. The normalized spacial score (nSPS) is 10.6. The second-order valence-corrected chi connectivity index (χ2v) is 6.02. The molecule has 1 amide bonds. The van der Waals surface area contributed by atoms with Crippen molar-refractivity contribution in [1.82, 2.24) is 29.6 Å². The molecule has 1 N–H and O–H groups in total. The number of carbonyl (C=O) groups is 1. The highest BCUT2D eigenvalue weighted by molar-refractivity contribution is 5.92. The summed E-state index contributed by atoms with van der Waals surface area (Å²) in [5.74, 6) is 1.29. The van der Waals surface area contributed by atoms with Gasteiger partial charge in [0.1, 0.15) is 17.9 Å². The van der Waals surface area contributed by atoms with Crippen LogP contribution >= 0.6 is 0 Å². The van der Waals surface area contributed by atoms with Crippen molar-refractivity contribution < 1.29 is 9.53 Å². The van der Waals surface area contributed by atoms with Gasteiger partial charge in [0.05, 0.1) is 12.8 Å². The summed E-state index contributed by atoms with van der Waals surface area (Å²) in [4.78, 5) is 20.7. The number of nitrogens with zero attached hydrogens (tertiary/aromatic N) is 5. The summed E-state index contributed by atoms with van der Waals surface area (Å²) >= 11 is 0. The minimum atomic E-state index is -0.244. The fourth-order valence-electron chi connectivity index (χ4n) is 2.67. The van der Waals surface area contributed by atoms with Gasteiger partial charge in [0, 0.05) is 31.3 Å². The molecule has 3 aromatic heterocycles. The van der Waals surface area contributed by atoms with Crippen LogP contribution in [0.5, 0.6) is 5.75 Å². The first-order chi connectivity index (χ1) is 13.7. The number of rotatable bonds is 6. The predicted octanol–water partition coefficient (Wildman–Crippen LogP) is 2.39. The van der Waals surface area contributed by atoms with E-state index in [4.69, 9.17) is 4.74 Å². The van der Waals surface area contributed by atoms with Crippen molar-refractivity contribution in [3.8, 4) is 17.3 Å². The van der Waals surface area contributed by atoms with Gasteiger partial charge < -0.3 is 10.1 Å². The van der Waals surface area contributed by atoms with E-state index in [-0.39, 0.29) is 5.91 Å². The summed E-state index contributed by atoms with van der Waals surface area (Å²) < 4.78 is 8.61. The Kier molecular flexibility index (Phi) is 4.83.